The smallest absolute Gasteiger partial charge is 0.502 e. The third kappa shape index (κ3) is 3.63. The van der Waals surface area contributed by atoms with Crippen molar-refractivity contribution in [2.45, 2.75) is 18.2 Å². The van der Waals surface area contributed by atoms with Gasteiger partial charge in [-0.25, -0.2) is 13.4 Å². The first-order valence-electron chi connectivity index (χ1n) is 3.92. The summed E-state index contributed by atoms with van der Waals surface area (Å²) in [7, 11) is 0.527. The van der Waals surface area contributed by atoms with Crippen LogP contribution >= 0.6 is 10.7 Å². The number of alkyl halides is 3. The molecule has 1 aromatic heterocycles. The Morgan fingerprint density at radius 2 is 2.00 bits per heavy atom. The molecule has 1 N–H and O–H groups in total. The second-order valence-corrected chi connectivity index (χ2v) is 5.44. The van der Waals surface area contributed by atoms with E-state index in [4.69, 9.17) is 10.7 Å². The molecule has 17 heavy (non-hydrogen) atoms. The zero-order valence-electron chi connectivity index (χ0n) is 8.12. The van der Waals surface area contributed by atoms with Crippen LogP contribution in [0.15, 0.2) is 11.0 Å². The largest absolute Gasteiger partial charge is 0.574 e. The summed E-state index contributed by atoms with van der Waals surface area (Å²) in [5.41, 5.74) is -0.110. The van der Waals surface area contributed by atoms with Crippen molar-refractivity contribution >= 4 is 19.7 Å². The molecule has 0 saturated heterocycles. The van der Waals surface area contributed by atoms with E-state index >= 15 is 0 Å². The van der Waals surface area contributed by atoms with Gasteiger partial charge in [-0.3, -0.25) is 0 Å². The normalized spacial score (nSPS) is 12.5. The van der Waals surface area contributed by atoms with Crippen LogP contribution in [-0.2, 0) is 9.05 Å². The van der Waals surface area contributed by atoms with Crippen molar-refractivity contribution in [1.82, 2.24) is 4.98 Å². The highest BCUT2D eigenvalue weighted by molar-refractivity contribution is 8.13. The topological polar surface area (TPSA) is 76.5 Å². The van der Waals surface area contributed by atoms with E-state index < -0.39 is 31.9 Å². The van der Waals surface area contributed by atoms with Crippen molar-refractivity contribution in [2.24, 2.45) is 0 Å². The van der Waals surface area contributed by atoms with Gasteiger partial charge in [0.05, 0.1) is 0 Å². The van der Waals surface area contributed by atoms with E-state index in [1.165, 1.54) is 6.92 Å². The van der Waals surface area contributed by atoms with Gasteiger partial charge in [0, 0.05) is 16.4 Å². The van der Waals surface area contributed by atoms with Crippen LogP contribution < -0.4 is 4.74 Å². The lowest BCUT2D eigenvalue weighted by Gasteiger charge is -2.11. The van der Waals surface area contributed by atoms with E-state index in [0.717, 1.165) is 6.07 Å². The molecule has 0 fully saturated rings. The molecule has 0 aliphatic carbocycles. The van der Waals surface area contributed by atoms with Gasteiger partial charge in [0.2, 0.25) is 0 Å². The summed E-state index contributed by atoms with van der Waals surface area (Å²) in [6.07, 6.45) is -5.11. The van der Waals surface area contributed by atoms with Gasteiger partial charge in [0.15, 0.2) is 5.75 Å². The summed E-state index contributed by atoms with van der Waals surface area (Å²) >= 11 is 0. The molecule has 0 aromatic carbocycles. The van der Waals surface area contributed by atoms with E-state index in [0.29, 0.717) is 0 Å². The molecule has 0 saturated carbocycles. The lowest BCUT2D eigenvalue weighted by atomic mass is 10.3. The Labute approximate surface area is 98.2 Å². The van der Waals surface area contributed by atoms with Gasteiger partial charge in [-0.15, -0.1) is 13.2 Å². The van der Waals surface area contributed by atoms with Gasteiger partial charge in [-0.2, -0.15) is 0 Å². The second kappa shape index (κ2) is 4.22. The van der Waals surface area contributed by atoms with E-state index in [2.05, 4.69) is 9.72 Å². The van der Waals surface area contributed by atoms with Crippen LogP contribution in [0.5, 0.6) is 11.6 Å². The van der Waals surface area contributed by atoms with E-state index in [1.807, 2.05) is 0 Å². The van der Waals surface area contributed by atoms with Gasteiger partial charge in [-0.05, 0) is 13.0 Å². The maximum atomic E-state index is 11.9. The third-order valence-electron chi connectivity index (χ3n) is 1.53. The van der Waals surface area contributed by atoms with Gasteiger partial charge in [0.25, 0.3) is 14.9 Å². The van der Waals surface area contributed by atoms with Crippen molar-refractivity contribution in [3.63, 3.8) is 0 Å². The molecule has 96 valence electrons. The number of halogens is 4. The van der Waals surface area contributed by atoms with Crippen LogP contribution in [0.25, 0.3) is 0 Å². The highest BCUT2D eigenvalue weighted by Gasteiger charge is 2.34. The van der Waals surface area contributed by atoms with Gasteiger partial charge in [-0.1, -0.05) is 0 Å². The number of aryl methyl sites for hydroxylation is 1. The fraction of sp³-hybridized carbons (Fsp3) is 0.286. The average molecular weight is 292 g/mol. The first-order chi connectivity index (χ1) is 7.50. The number of hydrogen-bond acceptors (Lipinski definition) is 5. The van der Waals surface area contributed by atoms with E-state index in [1.54, 1.807) is 0 Å². The van der Waals surface area contributed by atoms with Crippen LogP contribution in [0, 0.1) is 6.92 Å². The molecule has 0 amide bonds. The molecule has 0 spiro atoms. The van der Waals surface area contributed by atoms with Crippen molar-refractivity contribution < 1.29 is 31.4 Å². The van der Waals surface area contributed by atoms with Crippen molar-refractivity contribution in [1.29, 1.82) is 0 Å². The fourth-order valence-corrected chi connectivity index (χ4v) is 1.96. The van der Waals surface area contributed by atoms with Crippen LogP contribution in [0.1, 0.15) is 5.69 Å². The highest BCUT2D eigenvalue weighted by atomic mass is 35.7. The SMILES string of the molecule is Cc1cc(S(=O)(=O)Cl)c(O)c(OC(F)(F)F)n1. The Morgan fingerprint density at radius 3 is 2.41 bits per heavy atom. The highest BCUT2D eigenvalue weighted by Crippen LogP contribution is 2.36. The third-order valence-corrected chi connectivity index (χ3v) is 2.86. The molecule has 1 heterocycles. The second-order valence-electron chi connectivity index (χ2n) is 2.90. The van der Waals surface area contributed by atoms with Crippen LogP contribution in [0.2, 0.25) is 0 Å². The van der Waals surface area contributed by atoms with Crippen LogP contribution in [0.4, 0.5) is 13.2 Å². The minimum Gasteiger partial charge on any atom is -0.502 e. The molecule has 0 atom stereocenters. The zero-order chi connectivity index (χ0) is 13.4. The molecule has 0 bridgehead atoms. The molecule has 10 heteroatoms. The molecule has 1 aromatic rings. The average Bonchev–Trinajstić information content (AvgIpc) is 2.06. The van der Waals surface area contributed by atoms with E-state index in [-0.39, 0.29) is 5.69 Å². The fourth-order valence-electron chi connectivity index (χ4n) is 0.976. The number of pyridine rings is 1. The predicted octanol–water partition coefficient (Wildman–Crippen LogP) is 1.92. The molecule has 1 rings (SSSR count). The standard InChI is InChI=1S/C7H5ClF3NO4S/c1-3-2-4(17(8,14)15)5(13)6(12-3)16-7(9,10)11/h2,13H,1H3. The molecule has 0 unspecified atom stereocenters. The maximum absolute atomic E-state index is 11.9. The monoisotopic (exact) mass is 291 g/mol. The van der Waals surface area contributed by atoms with Crippen LogP contribution in [-0.4, -0.2) is 24.9 Å². The maximum Gasteiger partial charge on any atom is 0.574 e. The molecule has 0 aliphatic rings. The van der Waals surface area contributed by atoms with Crippen molar-refractivity contribution in [2.75, 3.05) is 0 Å². The lowest BCUT2D eigenvalue weighted by Crippen LogP contribution is -2.18. The Bertz CT molecular complexity index is 543. The number of aromatic nitrogens is 1. The summed E-state index contributed by atoms with van der Waals surface area (Å²) in [6.45, 7) is 1.22. The molecular formula is C7H5ClF3NO4S. The molecule has 0 aliphatic heterocycles. The Kier molecular flexibility index (Phi) is 3.44. The molecule has 5 nitrogen and oxygen atoms in total. The zero-order valence-corrected chi connectivity index (χ0v) is 9.69. The Morgan fingerprint density at radius 1 is 1.47 bits per heavy atom. The predicted molar refractivity (Wildman–Crippen MR) is 50.4 cm³/mol. The first-order valence-corrected chi connectivity index (χ1v) is 6.22. The first kappa shape index (κ1) is 13.8. The summed E-state index contributed by atoms with van der Waals surface area (Å²) in [6, 6.07) is 0.820. The lowest BCUT2D eigenvalue weighted by molar-refractivity contribution is -0.276. The van der Waals surface area contributed by atoms with Crippen LogP contribution in [0.3, 0.4) is 0 Å². The minimum absolute atomic E-state index is 0.110. The van der Waals surface area contributed by atoms with Gasteiger partial charge >= 0.3 is 6.36 Å². The summed E-state index contributed by atoms with van der Waals surface area (Å²) in [5.74, 6) is -2.56. The van der Waals surface area contributed by atoms with Gasteiger partial charge < -0.3 is 9.84 Å². The quantitative estimate of drug-likeness (QED) is 0.843. The van der Waals surface area contributed by atoms with E-state index in [9.17, 15) is 26.7 Å². The number of nitrogens with zero attached hydrogens (tertiary/aromatic N) is 1. The number of hydrogen-bond donors (Lipinski definition) is 1. The number of aromatic hydroxyl groups is 1. The summed E-state index contributed by atoms with van der Waals surface area (Å²) in [5, 5.41) is 9.26. The minimum atomic E-state index is -5.11. The Balaban J connectivity index is 3.40. The van der Waals surface area contributed by atoms with Crippen molar-refractivity contribution in [3.8, 4) is 11.6 Å². The number of ether oxygens (including phenoxy) is 1. The Hall–Kier alpha value is -1.22. The molecule has 0 radical (unpaired) electrons. The summed E-state index contributed by atoms with van der Waals surface area (Å²) in [4.78, 5) is 2.32. The van der Waals surface area contributed by atoms with Crippen molar-refractivity contribution in [3.05, 3.63) is 11.8 Å². The van der Waals surface area contributed by atoms with Gasteiger partial charge in [0.1, 0.15) is 4.90 Å². The summed E-state index contributed by atoms with van der Waals surface area (Å²) < 4.78 is 61.1. The number of rotatable bonds is 2. The molecular weight excluding hydrogens is 287 g/mol.